The van der Waals surface area contributed by atoms with E-state index in [0.717, 1.165) is 42.7 Å². The van der Waals surface area contributed by atoms with Gasteiger partial charge in [0.15, 0.2) is 11.5 Å². The van der Waals surface area contributed by atoms with Crippen LogP contribution in [-0.2, 0) is 4.74 Å². The van der Waals surface area contributed by atoms with Gasteiger partial charge in [0.05, 0.1) is 23.9 Å². The van der Waals surface area contributed by atoms with E-state index in [4.69, 9.17) is 16.3 Å². The second-order valence-electron chi connectivity index (χ2n) is 6.61. The lowest BCUT2D eigenvalue weighted by molar-refractivity contribution is 0.0739. The Hall–Kier alpha value is -2.38. The van der Waals surface area contributed by atoms with Gasteiger partial charge in [-0.05, 0) is 24.3 Å². The van der Waals surface area contributed by atoms with Crippen molar-refractivity contribution < 1.29 is 9.53 Å². The summed E-state index contributed by atoms with van der Waals surface area (Å²) < 4.78 is 5.35. The van der Waals surface area contributed by atoms with Crippen LogP contribution in [0.25, 0.3) is 0 Å². The molecule has 0 spiro atoms. The molecule has 2 saturated heterocycles. The van der Waals surface area contributed by atoms with Crippen LogP contribution in [0.3, 0.4) is 0 Å². The van der Waals surface area contributed by atoms with Crippen molar-refractivity contribution in [1.82, 2.24) is 15.1 Å². The number of ether oxygens (including phenoxy) is 1. The van der Waals surface area contributed by atoms with Crippen molar-refractivity contribution in [3.63, 3.8) is 0 Å². The van der Waals surface area contributed by atoms with Crippen LogP contribution in [0.2, 0.25) is 5.02 Å². The molecule has 0 bridgehead atoms. The van der Waals surface area contributed by atoms with Gasteiger partial charge in [0, 0.05) is 39.3 Å². The van der Waals surface area contributed by atoms with Crippen LogP contribution >= 0.6 is 11.6 Å². The molecule has 27 heavy (non-hydrogen) atoms. The van der Waals surface area contributed by atoms with E-state index >= 15 is 0 Å². The fraction of sp³-hybridized carbons (Fsp3) is 0.421. The van der Waals surface area contributed by atoms with Crippen LogP contribution in [0.15, 0.2) is 36.4 Å². The molecule has 1 aromatic heterocycles. The summed E-state index contributed by atoms with van der Waals surface area (Å²) >= 11 is 6.28. The Bertz CT molecular complexity index is 787. The van der Waals surface area contributed by atoms with E-state index in [9.17, 15) is 4.79 Å². The Kier molecular flexibility index (Phi) is 5.40. The molecule has 1 aromatic carbocycles. The lowest BCUT2D eigenvalue weighted by atomic mass is 10.2. The third kappa shape index (κ3) is 3.99. The maximum atomic E-state index is 12.7. The van der Waals surface area contributed by atoms with Crippen LogP contribution in [0.5, 0.6) is 0 Å². The van der Waals surface area contributed by atoms with Crippen molar-refractivity contribution in [2.45, 2.75) is 0 Å². The Morgan fingerprint density at radius 1 is 0.889 bits per heavy atom. The molecule has 0 N–H and O–H groups in total. The topological polar surface area (TPSA) is 61.8 Å². The summed E-state index contributed by atoms with van der Waals surface area (Å²) in [6.07, 6.45) is 0. The Morgan fingerprint density at radius 3 is 2.30 bits per heavy atom. The summed E-state index contributed by atoms with van der Waals surface area (Å²) in [5.41, 5.74) is 1.40. The average Bonchev–Trinajstić information content (AvgIpc) is 2.74. The first-order chi connectivity index (χ1) is 13.2. The third-order valence-electron chi connectivity index (χ3n) is 4.96. The first-order valence-electron chi connectivity index (χ1n) is 9.17. The molecule has 4 rings (SSSR count). The molecular weight excluding hydrogens is 366 g/mol. The van der Waals surface area contributed by atoms with Crippen molar-refractivity contribution >= 4 is 29.0 Å². The highest BCUT2D eigenvalue weighted by Crippen LogP contribution is 2.26. The number of amides is 1. The standard InChI is InChI=1S/C19H22ClN5O2/c20-15-3-1-2-4-17(15)23-7-9-25(10-8-23)19(26)16-5-6-18(22-21-16)24-11-13-27-14-12-24/h1-6H,7-14H2. The Labute approximate surface area is 163 Å². The molecular formula is C19H22ClN5O2. The smallest absolute Gasteiger partial charge is 0.274 e. The van der Waals surface area contributed by atoms with E-state index in [1.165, 1.54) is 0 Å². The fourth-order valence-corrected chi connectivity index (χ4v) is 3.68. The van der Waals surface area contributed by atoms with E-state index in [1.807, 2.05) is 35.2 Å². The average molecular weight is 388 g/mol. The molecule has 1 amide bonds. The van der Waals surface area contributed by atoms with Gasteiger partial charge in [0.2, 0.25) is 0 Å². The van der Waals surface area contributed by atoms with Crippen LogP contribution in [0.1, 0.15) is 10.5 Å². The highest BCUT2D eigenvalue weighted by atomic mass is 35.5. The van der Waals surface area contributed by atoms with Gasteiger partial charge in [0.1, 0.15) is 0 Å². The molecule has 0 atom stereocenters. The molecule has 0 saturated carbocycles. The number of carbonyl (C=O) groups is 1. The number of aromatic nitrogens is 2. The predicted octanol–water partition coefficient (Wildman–Crippen LogP) is 1.93. The number of morpholine rings is 1. The fourth-order valence-electron chi connectivity index (χ4n) is 3.42. The number of nitrogens with zero attached hydrogens (tertiary/aromatic N) is 5. The summed E-state index contributed by atoms with van der Waals surface area (Å²) in [5, 5.41) is 9.14. The third-order valence-corrected chi connectivity index (χ3v) is 5.28. The van der Waals surface area contributed by atoms with E-state index in [1.54, 1.807) is 6.07 Å². The number of para-hydroxylation sites is 1. The zero-order chi connectivity index (χ0) is 18.6. The zero-order valence-corrected chi connectivity index (χ0v) is 15.8. The molecule has 2 aliphatic rings. The SMILES string of the molecule is O=C(c1ccc(N2CCOCC2)nn1)N1CCN(c2ccccc2Cl)CC1. The summed E-state index contributed by atoms with van der Waals surface area (Å²) in [6.45, 7) is 5.74. The molecule has 142 valence electrons. The summed E-state index contributed by atoms with van der Waals surface area (Å²) in [6, 6.07) is 11.4. The first-order valence-corrected chi connectivity index (χ1v) is 9.55. The number of carbonyl (C=O) groups excluding carboxylic acids is 1. The minimum Gasteiger partial charge on any atom is -0.378 e. The predicted molar refractivity (Wildman–Crippen MR) is 105 cm³/mol. The molecule has 2 fully saturated rings. The van der Waals surface area contributed by atoms with Crippen LogP contribution in [0.4, 0.5) is 11.5 Å². The van der Waals surface area contributed by atoms with Gasteiger partial charge < -0.3 is 19.4 Å². The van der Waals surface area contributed by atoms with Gasteiger partial charge in [-0.3, -0.25) is 4.79 Å². The van der Waals surface area contributed by atoms with Crippen molar-refractivity contribution in [1.29, 1.82) is 0 Å². The highest BCUT2D eigenvalue weighted by molar-refractivity contribution is 6.33. The largest absolute Gasteiger partial charge is 0.378 e. The van der Waals surface area contributed by atoms with Gasteiger partial charge in [-0.25, -0.2) is 0 Å². The summed E-state index contributed by atoms with van der Waals surface area (Å²) in [7, 11) is 0. The number of benzene rings is 1. The molecule has 0 unspecified atom stereocenters. The minimum atomic E-state index is -0.0742. The summed E-state index contributed by atoms with van der Waals surface area (Å²) in [5.74, 6) is 0.716. The molecule has 8 heteroatoms. The zero-order valence-electron chi connectivity index (χ0n) is 15.1. The molecule has 0 radical (unpaired) electrons. The second kappa shape index (κ2) is 8.10. The number of rotatable bonds is 3. The quantitative estimate of drug-likeness (QED) is 0.802. The minimum absolute atomic E-state index is 0.0742. The summed E-state index contributed by atoms with van der Waals surface area (Å²) in [4.78, 5) is 18.9. The molecule has 3 heterocycles. The lowest BCUT2D eigenvalue weighted by Gasteiger charge is -2.36. The van der Waals surface area contributed by atoms with E-state index in [0.29, 0.717) is 32.0 Å². The second-order valence-corrected chi connectivity index (χ2v) is 7.01. The van der Waals surface area contributed by atoms with Crippen LogP contribution < -0.4 is 9.80 Å². The molecule has 0 aliphatic carbocycles. The van der Waals surface area contributed by atoms with Crippen LogP contribution in [0, 0.1) is 0 Å². The molecule has 2 aromatic rings. The number of piperazine rings is 1. The van der Waals surface area contributed by atoms with E-state index in [-0.39, 0.29) is 5.91 Å². The number of hydrogen-bond donors (Lipinski definition) is 0. The number of anilines is 2. The molecule has 2 aliphatic heterocycles. The van der Waals surface area contributed by atoms with Gasteiger partial charge in [-0.1, -0.05) is 23.7 Å². The van der Waals surface area contributed by atoms with Crippen LogP contribution in [-0.4, -0.2) is 73.5 Å². The van der Waals surface area contributed by atoms with Crippen molar-refractivity contribution in [2.24, 2.45) is 0 Å². The number of halogens is 1. The lowest BCUT2D eigenvalue weighted by Crippen LogP contribution is -2.49. The maximum Gasteiger partial charge on any atom is 0.274 e. The van der Waals surface area contributed by atoms with Crippen molar-refractivity contribution in [3.8, 4) is 0 Å². The van der Waals surface area contributed by atoms with Gasteiger partial charge in [-0.2, -0.15) is 0 Å². The van der Waals surface area contributed by atoms with Gasteiger partial charge in [-0.15, -0.1) is 10.2 Å². The highest BCUT2D eigenvalue weighted by Gasteiger charge is 2.24. The van der Waals surface area contributed by atoms with Crippen molar-refractivity contribution in [3.05, 3.63) is 47.1 Å². The van der Waals surface area contributed by atoms with E-state index in [2.05, 4.69) is 20.0 Å². The Balaban J connectivity index is 1.37. The first kappa shape index (κ1) is 18.0. The molecule has 7 nitrogen and oxygen atoms in total. The maximum absolute atomic E-state index is 12.7. The monoisotopic (exact) mass is 387 g/mol. The van der Waals surface area contributed by atoms with Gasteiger partial charge >= 0.3 is 0 Å². The van der Waals surface area contributed by atoms with Gasteiger partial charge in [0.25, 0.3) is 5.91 Å². The normalized spacial score (nSPS) is 17.9. The Morgan fingerprint density at radius 2 is 1.63 bits per heavy atom. The number of hydrogen-bond acceptors (Lipinski definition) is 6. The van der Waals surface area contributed by atoms with E-state index < -0.39 is 0 Å². The van der Waals surface area contributed by atoms with Crippen molar-refractivity contribution in [2.75, 3.05) is 62.3 Å².